The molecular weight excluding hydrogens is 450 g/mol. The van der Waals surface area contributed by atoms with Crippen molar-refractivity contribution in [2.75, 3.05) is 24.5 Å². The van der Waals surface area contributed by atoms with Gasteiger partial charge in [-0.1, -0.05) is 37.6 Å². The summed E-state index contributed by atoms with van der Waals surface area (Å²) in [7, 11) is -3.96. The molecule has 7 nitrogen and oxygen atoms in total. The van der Waals surface area contributed by atoms with Gasteiger partial charge in [-0.3, -0.25) is 14.5 Å². The molecule has 2 aromatic rings. The molecule has 184 valence electrons. The summed E-state index contributed by atoms with van der Waals surface area (Å²) in [6.45, 7) is 11.5. The number of anilines is 1. The third kappa shape index (κ3) is 5.18. The first-order valence-electron chi connectivity index (χ1n) is 11.6. The van der Waals surface area contributed by atoms with E-state index in [9.17, 15) is 18.0 Å². The molecule has 0 spiro atoms. The average molecular weight is 486 g/mol. The van der Waals surface area contributed by atoms with Crippen LogP contribution in [0.3, 0.4) is 0 Å². The summed E-state index contributed by atoms with van der Waals surface area (Å²) in [6.07, 6.45) is 0.783. The summed E-state index contributed by atoms with van der Waals surface area (Å²) in [6, 6.07) is 12.1. The lowest BCUT2D eigenvalue weighted by Crippen LogP contribution is -2.70. The van der Waals surface area contributed by atoms with Crippen LogP contribution in [0.2, 0.25) is 0 Å². The zero-order valence-electron chi connectivity index (χ0n) is 20.9. The first-order chi connectivity index (χ1) is 15.9. The van der Waals surface area contributed by atoms with Gasteiger partial charge in [0, 0.05) is 18.8 Å². The number of carbonyl (C=O) groups is 2. The summed E-state index contributed by atoms with van der Waals surface area (Å²) in [5.41, 5.74) is 2.17. The topological polar surface area (TPSA) is 86.8 Å². The van der Waals surface area contributed by atoms with Crippen LogP contribution in [-0.2, 0) is 19.6 Å². The molecule has 1 atom stereocenters. The van der Waals surface area contributed by atoms with E-state index in [0.717, 1.165) is 27.4 Å². The normalized spacial score (nSPS) is 19.5. The molecule has 1 fully saturated rings. The zero-order valence-corrected chi connectivity index (χ0v) is 21.7. The van der Waals surface area contributed by atoms with Crippen LogP contribution >= 0.6 is 0 Å². The Kier molecular flexibility index (Phi) is 7.53. The van der Waals surface area contributed by atoms with E-state index in [1.54, 1.807) is 19.1 Å². The number of nitrogens with one attached hydrogen (secondary N) is 1. The predicted molar refractivity (Wildman–Crippen MR) is 134 cm³/mol. The Bertz CT molecular complexity index is 1180. The van der Waals surface area contributed by atoms with Crippen molar-refractivity contribution in [1.82, 2.24) is 9.62 Å². The van der Waals surface area contributed by atoms with Crippen LogP contribution in [0.5, 0.6) is 0 Å². The third-order valence-electron chi connectivity index (χ3n) is 6.44. The van der Waals surface area contributed by atoms with Crippen molar-refractivity contribution in [2.45, 2.75) is 58.4 Å². The van der Waals surface area contributed by atoms with Gasteiger partial charge >= 0.3 is 0 Å². The number of hydrogen-bond acceptors (Lipinski definition) is 4. The van der Waals surface area contributed by atoms with Crippen molar-refractivity contribution in [2.24, 2.45) is 5.92 Å². The lowest BCUT2D eigenvalue weighted by Gasteiger charge is -2.46. The lowest BCUT2D eigenvalue weighted by atomic mass is 9.93. The second-order valence-corrected chi connectivity index (χ2v) is 11.7. The van der Waals surface area contributed by atoms with E-state index in [0.29, 0.717) is 18.2 Å². The molecule has 2 amide bonds. The molecule has 1 aliphatic heterocycles. The minimum Gasteiger partial charge on any atom is -0.354 e. The third-order valence-corrected chi connectivity index (χ3v) is 8.25. The van der Waals surface area contributed by atoms with Crippen molar-refractivity contribution >= 4 is 27.5 Å². The summed E-state index contributed by atoms with van der Waals surface area (Å²) in [5, 5.41) is 2.94. The van der Waals surface area contributed by atoms with Gasteiger partial charge in [0.05, 0.1) is 11.4 Å². The average Bonchev–Trinajstić information content (AvgIpc) is 2.75. The second-order valence-electron chi connectivity index (χ2n) is 9.80. The first kappa shape index (κ1) is 25.9. The molecule has 3 rings (SSSR count). The molecule has 0 radical (unpaired) electrons. The highest BCUT2D eigenvalue weighted by Crippen LogP contribution is 2.33. The molecule has 0 bridgehead atoms. The maximum Gasteiger partial charge on any atom is 0.247 e. The number of benzene rings is 2. The van der Waals surface area contributed by atoms with Crippen molar-refractivity contribution in [3.8, 4) is 0 Å². The molecular formula is C26H35N3O4S. The number of amides is 2. The minimum absolute atomic E-state index is 0.105. The fraction of sp³-hybridized carbons (Fsp3) is 0.462. The number of nitrogens with zero attached hydrogens (tertiary/aromatic N) is 2. The van der Waals surface area contributed by atoms with E-state index in [1.165, 1.54) is 17.0 Å². The molecule has 0 unspecified atom stereocenters. The Morgan fingerprint density at radius 3 is 2.29 bits per heavy atom. The molecule has 0 aromatic heterocycles. The van der Waals surface area contributed by atoms with Gasteiger partial charge in [-0.2, -0.15) is 4.31 Å². The highest BCUT2D eigenvalue weighted by atomic mass is 32.2. The minimum atomic E-state index is -3.96. The Hall–Kier alpha value is -2.71. The summed E-state index contributed by atoms with van der Waals surface area (Å²) < 4.78 is 28.0. The van der Waals surface area contributed by atoms with Gasteiger partial charge in [0.15, 0.2) is 0 Å². The highest BCUT2D eigenvalue weighted by Gasteiger charge is 2.51. The van der Waals surface area contributed by atoms with E-state index in [2.05, 4.69) is 19.2 Å². The number of carbonyl (C=O) groups excluding carboxylic acids is 2. The summed E-state index contributed by atoms with van der Waals surface area (Å²) in [4.78, 5) is 28.6. The molecule has 0 saturated carbocycles. The lowest BCUT2D eigenvalue weighted by molar-refractivity contribution is -0.132. The number of aryl methyl sites for hydroxylation is 3. The quantitative estimate of drug-likeness (QED) is 0.650. The maximum atomic E-state index is 13.5. The Morgan fingerprint density at radius 1 is 1.06 bits per heavy atom. The van der Waals surface area contributed by atoms with Crippen molar-refractivity contribution in [3.63, 3.8) is 0 Å². The van der Waals surface area contributed by atoms with E-state index in [4.69, 9.17) is 0 Å². The molecule has 1 saturated heterocycles. The van der Waals surface area contributed by atoms with E-state index >= 15 is 0 Å². The van der Waals surface area contributed by atoms with E-state index in [-0.39, 0.29) is 23.9 Å². The van der Waals surface area contributed by atoms with Gasteiger partial charge in [0.1, 0.15) is 5.54 Å². The largest absolute Gasteiger partial charge is 0.354 e. The second kappa shape index (κ2) is 9.88. The van der Waals surface area contributed by atoms with E-state index < -0.39 is 21.5 Å². The van der Waals surface area contributed by atoms with Crippen LogP contribution in [0, 0.1) is 26.7 Å². The monoisotopic (exact) mass is 485 g/mol. The van der Waals surface area contributed by atoms with Gasteiger partial charge in [-0.05, 0) is 75.4 Å². The number of hydrogen-bond donors (Lipinski definition) is 1. The van der Waals surface area contributed by atoms with Gasteiger partial charge in [0.2, 0.25) is 21.8 Å². The van der Waals surface area contributed by atoms with Gasteiger partial charge in [-0.25, -0.2) is 8.42 Å². The fourth-order valence-corrected chi connectivity index (χ4v) is 5.61. The summed E-state index contributed by atoms with van der Waals surface area (Å²) in [5.74, 6) is -0.411. The van der Waals surface area contributed by atoms with Gasteiger partial charge in [0.25, 0.3) is 0 Å². The van der Waals surface area contributed by atoms with Crippen LogP contribution < -0.4 is 10.2 Å². The Balaban J connectivity index is 2.02. The maximum absolute atomic E-state index is 13.5. The van der Waals surface area contributed by atoms with Crippen LogP contribution in [-0.4, -0.2) is 49.7 Å². The van der Waals surface area contributed by atoms with Gasteiger partial charge in [-0.15, -0.1) is 0 Å². The van der Waals surface area contributed by atoms with Crippen molar-refractivity contribution < 1.29 is 18.0 Å². The van der Waals surface area contributed by atoms with Gasteiger partial charge < -0.3 is 5.32 Å². The van der Waals surface area contributed by atoms with Crippen LogP contribution in [0.25, 0.3) is 0 Å². The molecule has 34 heavy (non-hydrogen) atoms. The Labute approximate surface area is 203 Å². The van der Waals surface area contributed by atoms with E-state index in [1.807, 2.05) is 39.0 Å². The number of sulfonamides is 1. The van der Waals surface area contributed by atoms with Crippen LogP contribution in [0.4, 0.5) is 5.69 Å². The fourth-order valence-electron chi connectivity index (χ4n) is 4.13. The van der Waals surface area contributed by atoms with Crippen molar-refractivity contribution in [1.29, 1.82) is 0 Å². The van der Waals surface area contributed by atoms with Crippen molar-refractivity contribution in [3.05, 3.63) is 59.2 Å². The number of piperazine rings is 1. The predicted octanol–water partition coefficient (Wildman–Crippen LogP) is 3.57. The van der Waals surface area contributed by atoms with Crippen LogP contribution in [0.1, 0.15) is 43.9 Å². The molecule has 1 aliphatic rings. The summed E-state index contributed by atoms with van der Waals surface area (Å²) >= 11 is 0. The first-order valence-corrected chi connectivity index (χ1v) is 13.1. The molecule has 0 aliphatic carbocycles. The number of rotatable bonds is 7. The molecule has 8 heteroatoms. The smallest absolute Gasteiger partial charge is 0.247 e. The Morgan fingerprint density at radius 2 is 1.71 bits per heavy atom. The molecule has 1 N–H and O–H groups in total. The highest BCUT2D eigenvalue weighted by molar-refractivity contribution is 7.89. The standard InChI is InChI=1S/C26H35N3O4S/c1-18(2)13-14-27-25(31)26(6)17-28(34(32,33)23-11-7-19(3)8-12-23)16-24(30)29(26)22-10-9-20(4)21(5)15-22/h7-12,15,18H,13-14,16-17H2,1-6H3,(H,27,31)/t26-/m1/s1. The van der Waals surface area contributed by atoms with Crippen LogP contribution in [0.15, 0.2) is 47.4 Å². The zero-order chi connectivity index (χ0) is 25.3. The SMILES string of the molecule is Cc1ccc(S(=O)(=O)N2CC(=O)N(c3ccc(C)c(C)c3)[C@@](C)(C(=O)NCCC(C)C)C2)cc1. The molecule has 2 aromatic carbocycles. The molecule has 1 heterocycles.